The molecule has 0 aromatic heterocycles. The minimum atomic E-state index is -2.31. The third kappa shape index (κ3) is 3.00. The number of nitrogens with zero attached hydrogens (tertiary/aromatic N) is 1. The minimum Gasteiger partial charge on any atom is -0.479 e. The number of aliphatic carboxylic acids is 2. The van der Waals surface area contributed by atoms with Crippen molar-refractivity contribution in [2.45, 2.75) is 37.7 Å². The second-order valence-electron chi connectivity index (χ2n) is 4.19. The molecule has 0 aromatic rings. The molecule has 0 aliphatic heterocycles. The number of carboxylic acid groups (broad SMARTS) is 2. The number of nitrogens with two attached hydrogens (primary N) is 2. The Kier molecular flexibility index (Phi) is 6.23. The van der Waals surface area contributed by atoms with E-state index in [0.29, 0.717) is 0 Å². The first kappa shape index (κ1) is 18.1. The molecule has 0 saturated heterocycles. The zero-order chi connectivity index (χ0) is 15.4. The molecule has 2 unspecified atom stereocenters. The normalized spacial score (nSPS) is 19.5. The Balaban J connectivity index is 5.88. The van der Waals surface area contributed by atoms with Gasteiger partial charge in [0.1, 0.15) is 0 Å². The summed E-state index contributed by atoms with van der Waals surface area (Å²) >= 11 is 3.85. The lowest BCUT2D eigenvalue weighted by Gasteiger charge is -2.47. The number of thiol groups is 1. The first-order valence-corrected chi connectivity index (χ1v) is 6.37. The van der Waals surface area contributed by atoms with Crippen LogP contribution in [0, 0.1) is 0 Å². The third-order valence-electron chi connectivity index (χ3n) is 3.09. The lowest BCUT2D eigenvalue weighted by molar-refractivity contribution is -0.176. The predicted octanol–water partition coefficient (Wildman–Crippen LogP) is -1.51. The van der Waals surface area contributed by atoms with Crippen molar-refractivity contribution >= 4 is 24.6 Å². The number of hydrogen-bond donors (Lipinski definition) is 6. The molecule has 0 fully saturated rings. The average Bonchev–Trinajstić information content (AvgIpc) is 2.37. The van der Waals surface area contributed by atoms with Gasteiger partial charge >= 0.3 is 11.9 Å². The molecule has 112 valence electrons. The molecule has 0 spiro atoms. The van der Waals surface area contributed by atoms with Gasteiger partial charge in [-0.1, -0.05) is 13.8 Å². The van der Waals surface area contributed by atoms with Gasteiger partial charge in [0.25, 0.3) is 0 Å². The van der Waals surface area contributed by atoms with Gasteiger partial charge in [0, 0.05) is 12.3 Å². The lowest BCUT2D eigenvalue weighted by Crippen LogP contribution is -2.78. The van der Waals surface area contributed by atoms with Crippen LogP contribution in [0.5, 0.6) is 0 Å². The molecule has 19 heavy (non-hydrogen) atoms. The summed E-state index contributed by atoms with van der Waals surface area (Å²) in [6.45, 7) is 2.95. The van der Waals surface area contributed by atoms with E-state index in [2.05, 4.69) is 12.6 Å². The van der Waals surface area contributed by atoms with Crippen LogP contribution in [-0.4, -0.2) is 61.9 Å². The number of carboxylic acids is 2. The second-order valence-corrected chi connectivity index (χ2v) is 4.50. The molecule has 0 heterocycles. The fourth-order valence-electron chi connectivity index (χ4n) is 1.89. The molecule has 0 saturated carbocycles. The van der Waals surface area contributed by atoms with Crippen molar-refractivity contribution in [1.29, 1.82) is 0 Å². The third-order valence-corrected chi connectivity index (χ3v) is 3.58. The molecule has 0 radical (unpaired) electrons. The monoisotopic (exact) mass is 295 g/mol. The van der Waals surface area contributed by atoms with E-state index in [9.17, 15) is 24.9 Å². The molecule has 9 heteroatoms. The molecule has 0 aromatic carbocycles. The highest BCUT2D eigenvalue weighted by atomic mass is 32.1. The van der Waals surface area contributed by atoms with Gasteiger partial charge < -0.3 is 26.8 Å². The molecule has 0 rings (SSSR count). The quantitative estimate of drug-likeness (QED) is 0.234. The Morgan fingerprint density at radius 3 is 1.95 bits per heavy atom. The van der Waals surface area contributed by atoms with E-state index in [1.165, 1.54) is 13.8 Å². The molecule has 3 atom stereocenters. The van der Waals surface area contributed by atoms with E-state index < -0.39 is 29.4 Å². The van der Waals surface area contributed by atoms with Crippen LogP contribution in [0.4, 0.5) is 0 Å². The summed E-state index contributed by atoms with van der Waals surface area (Å²) in [6, 6.07) is 0. The number of rotatable bonds is 8. The predicted molar refractivity (Wildman–Crippen MR) is 71.6 cm³/mol. The number of likely N-dealkylation sites (N-methyl/N-ethyl adjacent to an activating group) is 1. The Hall–Kier alpha value is -0.870. The zero-order valence-electron chi connectivity index (χ0n) is 10.9. The van der Waals surface area contributed by atoms with Gasteiger partial charge in [-0.3, -0.25) is 0 Å². The van der Waals surface area contributed by atoms with Gasteiger partial charge in [0.05, 0.1) is 6.10 Å². The van der Waals surface area contributed by atoms with Crippen molar-refractivity contribution in [2.24, 2.45) is 11.5 Å². The number of hydrogen-bond acceptors (Lipinski definition) is 7. The maximum absolute atomic E-state index is 11.4. The van der Waals surface area contributed by atoms with Crippen LogP contribution < -0.4 is 11.5 Å². The summed E-state index contributed by atoms with van der Waals surface area (Å²) in [5.41, 5.74) is 7.05. The highest BCUT2D eigenvalue weighted by Gasteiger charge is 2.55. The highest BCUT2D eigenvalue weighted by Crippen LogP contribution is 2.25. The molecular weight excluding hydrogens is 274 g/mol. The Morgan fingerprint density at radius 2 is 1.74 bits per heavy atom. The minimum absolute atomic E-state index is 0.0293. The second kappa shape index (κ2) is 6.53. The van der Waals surface area contributed by atoms with Crippen molar-refractivity contribution in [3.63, 3.8) is 0 Å². The molecule has 8 nitrogen and oxygen atoms in total. The van der Waals surface area contributed by atoms with E-state index in [1.807, 2.05) is 0 Å². The van der Waals surface area contributed by atoms with Gasteiger partial charge in [-0.15, -0.1) is 0 Å². The first-order valence-electron chi connectivity index (χ1n) is 5.74. The Morgan fingerprint density at radius 1 is 1.26 bits per heavy atom. The standard InChI is InChI=1S/C10H21N3O5S/c1-3-6(14)10(12,8(17)18)13(4-2)9(11,5-19)7(15)16/h6,14,19H,3-5,11-12H2,1-2H3,(H,15,16)(H,17,18)/t6?,9-,10?/m0/s1. The van der Waals surface area contributed by atoms with Crippen LogP contribution >= 0.6 is 12.6 Å². The summed E-state index contributed by atoms with van der Waals surface area (Å²) in [5, 5.41) is 28.3. The van der Waals surface area contributed by atoms with E-state index >= 15 is 0 Å². The summed E-state index contributed by atoms with van der Waals surface area (Å²) in [4.78, 5) is 23.5. The van der Waals surface area contributed by atoms with Crippen LogP contribution in [0.1, 0.15) is 20.3 Å². The maximum atomic E-state index is 11.4. The SMILES string of the molecule is CCC(O)C(N)(C(=O)O)N(CC)[C@@](N)(CS)C(=O)O. The van der Waals surface area contributed by atoms with Crippen molar-refractivity contribution in [3.8, 4) is 0 Å². The average molecular weight is 295 g/mol. The summed E-state index contributed by atoms with van der Waals surface area (Å²) < 4.78 is 0. The highest BCUT2D eigenvalue weighted by molar-refractivity contribution is 7.80. The smallest absolute Gasteiger partial charge is 0.341 e. The topological polar surface area (TPSA) is 150 Å². The van der Waals surface area contributed by atoms with Crippen molar-refractivity contribution in [3.05, 3.63) is 0 Å². The van der Waals surface area contributed by atoms with Gasteiger partial charge in [0.2, 0.25) is 0 Å². The zero-order valence-corrected chi connectivity index (χ0v) is 11.8. The van der Waals surface area contributed by atoms with E-state index in [1.54, 1.807) is 0 Å². The van der Waals surface area contributed by atoms with Gasteiger partial charge in [-0.2, -0.15) is 12.6 Å². The van der Waals surface area contributed by atoms with Crippen LogP contribution in [-0.2, 0) is 9.59 Å². The first-order chi connectivity index (χ1) is 8.62. The molecule has 0 amide bonds. The number of aliphatic hydroxyl groups is 1. The summed E-state index contributed by atoms with van der Waals surface area (Å²) in [5.74, 6) is -3.39. The lowest BCUT2D eigenvalue weighted by atomic mass is 9.95. The van der Waals surface area contributed by atoms with Gasteiger partial charge in [-0.25, -0.2) is 14.5 Å². The molecule has 0 aliphatic carbocycles. The van der Waals surface area contributed by atoms with Crippen LogP contribution in [0.2, 0.25) is 0 Å². The van der Waals surface area contributed by atoms with Crippen molar-refractivity contribution in [1.82, 2.24) is 4.90 Å². The Bertz CT molecular complexity index is 356. The molecule has 7 N–H and O–H groups in total. The number of aliphatic hydroxyl groups excluding tert-OH is 1. The van der Waals surface area contributed by atoms with E-state index in [0.717, 1.165) is 4.90 Å². The van der Waals surface area contributed by atoms with E-state index in [4.69, 9.17) is 11.5 Å². The maximum Gasteiger partial charge on any atom is 0.341 e. The molecule has 0 aliphatic rings. The fourth-order valence-corrected chi connectivity index (χ4v) is 2.20. The van der Waals surface area contributed by atoms with E-state index in [-0.39, 0.29) is 18.7 Å². The number of carbonyl (C=O) groups is 2. The van der Waals surface area contributed by atoms with Crippen LogP contribution in [0.3, 0.4) is 0 Å². The molecule has 0 bridgehead atoms. The van der Waals surface area contributed by atoms with Crippen LogP contribution in [0.25, 0.3) is 0 Å². The van der Waals surface area contributed by atoms with Crippen molar-refractivity contribution < 1.29 is 24.9 Å². The van der Waals surface area contributed by atoms with Gasteiger partial charge in [-0.05, 0) is 6.42 Å². The summed E-state index contributed by atoms with van der Waals surface area (Å²) in [6.07, 6.45) is -1.45. The molecular formula is C10H21N3O5S. The Labute approximate surface area is 116 Å². The van der Waals surface area contributed by atoms with Crippen LogP contribution in [0.15, 0.2) is 0 Å². The summed E-state index contributed by atoms with van der Waals surface area (Å²) in [7, 11) is 0. The van der Waals surface area contributed by atoms with Crippen molar-refractivity contribution in [2.75, 3.05) is 12.3 Å². The van der Waals surface area contributed by atoms with Gasteiger partial charge in [0.15, 0.2) is 11.3 Å². The largest absolute Gasteiger partial charge is 0.479 e. The fraction of sp³-hybridized carbons (Fsp3) is 0.800.